The van der Waals surface area contributed by atoms with Crippen molar-refractivity contribution in [1.82, 2.24) is 10.6 Å². The summed E-state index contributed by atoms with van der Waals surface area (Å²) in [7, 11) is 2.06. The van der Waals surface area contributed by atoms with Crippen molar-refractivity contribution in [1.29, 1.82) is 0 Å². The smallest absolute Gasteiger partial charge is 0.0361 e. The van der Waals surface area contributed by atoms with Gasteiger partial charge in [-0.1, -0.05) is 22.0 Å². The van der Waals surface area contributed by atoms with Crippen molar-refractivity contribution >= 4 is 15.9 Å². The molecule has 0 aromatic heterocycles. The second-order valence-corrected chi connectivity index (χ2v) is 5.44. The van der Waals surface area contributed by atoms with Gasteiger partial charge in [0.15, 0.2) is 0 Å². The van der Waals surface area contributed by atoms with Gasteiger partial charge >= 0.3 is 0 Å². The molecular formula is C13H19BrN2. The first-order valence-electron chi connectivity index (χ1n) is 5.86. The van der Waals surface area contributed by atoms with Crippen molar-refractivity contribution in [3.05, 3.63) is 33.8 Å². The van der Waals surface area contributed by atoms with E-state index in [4.69, 9.17) is 0 Å². The fraction of sp³-hybridized carbons (Fsp3) is 0.538. The minimum Gasteiger partial charge on any atom is -0.316 e. The van der Waals surface area contributed by atoms with E-state index in [9.17, 15) is 0 Å². The predicted octanol–water partition coefficient (Wildman–Crippen LogP) is 2.63. The maximum atomic E-state index is 3.56. The Morgan fingerprint density at radius 3 is 2.94 bits per heavy atom. The molecule has 0 amide bonds. The van der Waals surface area contributed by atoms with Crippen LogP contribution in [0.2, 0.25) is 0 Å². The van der Waals surface area contributed by atoms with Gasteiger partial charge in [-0.25, -0.2) is 0 Å². The summed E-state index contributed by atoms with van der Waals surface area (Å²) < 4.78 is 1.17. The van der Waals surface area contributed by atoms with E-state index in [1.54, 1.807) is 0 Å². The molecular weight excluding hydrogens is 264 g/mol. The average molecular weight is 283 g/mol. The van der Waals surface area contributed by atoms with Crippen molar-refractivity contribution in [3.63, 3.8) is 0 Å². The molecule has 1 heterocycles. The van der Waals surface area contributed by atoms with Gasteiger partial charge in [-0.2, -0.15) is 0 Å². The summed E-state index contributed by atoms with van der Waals surface area (Å²) in [5.41, 5.74) is 2.79. The van der Waals surface area contributed by atoms with Crippen LogP contribution in [-0.2, 0) is 0 Å². The molecule has 1 aliphatic heterocycles. The van der Waals surface area contributed by atoms with Crippen molar-refractivity contribution in [2.24, 2.45) is 5.92 Å². The first-order chi connectivity index (χ1) is 7.72. The summed E-state index contributed by atoms with van der Waals surface area (Å²) in [5.74, 6) is 0.706. The molecule has 88 valence electrons. The molecule has 2 unspecified atom stereocenters. The van der Waals surface area contributed by atoms with Gasteiger partial charge in [0.05, 0.1) is 0 Å². The van der Waals surface area contributed by atoms with Gasteiger partial charge in [-0.3, -0.25) is 0 Å². The zero-order valence-corrected chi connectivity index (χ0v) is 11.5. The highest BCUT2D eigenvalue weighted by atomic mass is 79.9. The lowest BCUT2D eigenvalue weighted by Crippen LogP contribution is -2.27. The molecule has 2 N–H and O–H groups in total. The van der Waals surface area contributed by atoms with Crippen molar-refractivity contribution in [2.75, 3.05) is 20.1 Å². The monoisotopic (exact) mass is 282 g/mol. The molecule has 1 aromatic carbocycles. The van der Waals surface area contributed by atoms with Crippen LogP contribution in [0.3, 0.4) is 0 Å². The number of halogens is 1. The van der Waals surface area contributed by atoms with E-state index < -0.39 is 0 Å². The number of nitrogens with one attached hydrogen (secondary N) is 2. The van der Waals surface area contributed by atoms with E-state index in [1.807, 2.05) is 0 Å². The van der Waals surface area contributed by atoms with Crippen LogP contribution in [0.1, 0.15) is 23.6 Å². The first kappa shape index (κ1) is 12.1. The fourth-order valence-corrected chi connectivity index (χ4v) is 2.93. The summed E-state index contributed by atoms with van der Waals surface area (Å²) in [4.78, 5) is 0. The third-order valence-corrected chi connectivity index (χ3v) is 3.95. The lowest BCUT2D eigenvalue weighted by atomic mass is 9.90. The number of aryl methyl sites for hydroxylation is 1. The molecule has 3 heteroatoms. The average Bonchev–Trinajstić information content (AvgIpc) is 2.78. The molecule has 0 spiro atoms. The van der Waals surface area contributed by atoms with E-state index in [1.165, 1.54) is 22.0 Å². The van der Waals surface area contributed by atoms with Crippen LogP contribution in [0.15, 0.2) is 22.7 Å². The number of hydrogen-bond donors (Lipinski definition) is 2. The molecule has 0 bridgehead atoms. The molecule has 0 aliphatic carbocycles. The third-order valence-electron chi connectivity index (χ3n) is 3.46. The Morgan fingerprint density at radius 2 is 2.31 bits per heavy atom. The lowest BCUT2D eigenvalue weighted by Gasteiger charge is -2.24. The van der Waals surface area contributed by atoms with Gasteiger partial charge in [0.2, 0.25) is 0 Å². The Balaban J connectivity index is 2.28. The SMILES string of the molecule is CNC(c1cc(Br)ccc1C)C1CCNC1. The number of rotatable bonds is 3. The number of hydrogen-bond acceptors (Lipinski definition) is 2. The maximum Gasteiger partial charge on any atom is 0.0361 e. The van der Waals surface area contributed by atoms with Crippen LogP contribution in [0.5, 0.6) is 0 Å². The Kier molecular flexibility index (Phi) is 4.00. The molecule has 0 saturated carbocycles. The van der Waals surface area contributed by atoms with Crippen molar-refractivity contribution < 1.29 is 0 Å². The van der Waals surface area contributed by atoms with Gasteiger partial charge in [0.25, 0.3) is 0 Å². The number of benzene rings is 1. The molecule has 2 rings (SSSR count). The molecule has 2 atom stereocenters. The van der Waals surface area contributed by atoms with Gasteiger partial charge in [0, 0.05) is 10.5 Å². The molecule has 0 radical (unpaired) electrons. The van der Waals surface area contributed by atoms with E-state index in [0.717, 1.165) is 13.1 Å². The molecule has 1 saturated heterocycles. The molecule has 1 aromatic rings. The first-order valence-corrected chi connectivity index (χ1v) is 6.65. The van der Waals surface area contributed by atoms with Gasteiger partial charge in [0.1, 0.15) is 0 Å². The summed E-state index contributed by atoms with van der Waals surface area (Å²) in [5, 5.41) is 6.91. The van der Waals surface area contributed by atoms with E-state index in [0.29, 0.717) is 12.0 Å². The summed E-state index contributed by atoms with van der Waals surface area (Å²) >= 11 is 3.56. The third kappa shape index (κ3) is 2.47. The van der Waals surface area contributed by atoms with Crippen LogP contribution < -0.4 is 10.6 Å². The Labute approximate surface area is 106 Å². The van der Waals surface area contributed by atoms with Crippen LogP contribution in [0.25, 0.3) is 0 Å². The molecule has 2 nitrogen and oxygen atoms in total. The Bertz CT molecular complexity index is 359. The topological polar surface area (TPSA) is 24.1 Å². The Morgan fingerprint density at radius 1 is 1.50 bits per heavy atom. The summed E-state index contributed by atoms with van der Waals surface area (Å²) in [6, 6.07) is 7.01. The van der Waals surface area contributed by atoms with E-state index in [2.05, 4.69) is 58.7 Å². The zero-order valence-electron chi connectivity index (χ0n) is 9.89. The largest absolute Gasteiger partial charge is 0.316 e. The van der Waals surface area contributed by atoms with Crippen molar-refractivity contribution in [2.45, 2.75) is 19.4 Å². The van der Waals surface area contributed by atoms with Crippen molar-refractivity contribution in [3.8, 4) is 0 Å². The highest BCUT2D eigenvalue weighted by molar-refractivity contribution is 9.10. The summed E-state index contributed by atoms with van der Waals surface area (Å²) in [6.07, 6.45) is 1.26. The van der Waals surface area contributed by atoms with Crippen LogP contribution >= 0.6 is 15.9 Å². The highest BCUT2D eigenvalue weighted by Crippen LogP contribution is 2.30. The van der Waals surface area contributed by atoms with E-state index >= 15 is 0 Å². The minimum absolute atomic E-state index is 0.465. The van der Waals surface area contributed by atoms with Gasteiger partial charge in [-0.05, 0) is 62.7 Å². The minimum atomic E-state index is 0.465. The van der Waals surface area contributed by atoms with Crippen LogP contribution in [0.4, 0.5) is 0 Å². The summed E-state index contributed by atoms with van der Waals surface area (Å²) in [6.45, 7) is 4.46. The lowest BCUT2D eigenvalue weighted by molar-refractivity contribution is 0.409. The quantitative estimate of drug-likeness (QED) is 0.891. The highest BCUT2D eigenvalue weighted by Gasteiger charge is 2.25. The second-order valence-electron chi connectivity index (χ2n) is 4.52. The maximum absolute atomic E-state index is 3.56. The second kappa shape index (κ2) is 5.30. The molecule has 1 fully saturated rings. The van der Waals surface area contributed by atoms with Gasteiger partial charge in [-0.15, -0.1) is 0 Å². The van der Waals surface area contributed by atoms with Crippen LogP contribution in [-0.4, -0.2) is 20.1 Å². The molecule has 16 heavy (non-hydrogen) atoms. The normalized spacial score (nSPS) is 22.3. The zero-order chi connectivity index (χ0) is 11.5. The van der Waals surface area contributed by atoms with Gasteiger partial charge < -0.3 is 10.6 Å². The fourth-order valence-electron chi connectivity index (χ4n) is 2.55. The Hall–Kier alpha value is -0.380. The van der Waals surface area contributed by atoms with Crippen LogP contribution in [0, 0.1) is 12.8 Å². The van der Waals surface area contributed by atoms with E-state index in [-0.39, 0.29) is 0 Å². The standard InChI is InChI=1S/C13H19BrN2/c1-9-3-4-11(14)7-12(9)13(15-2)10-5-6-16-8-10/h3-4,7,10,13,15-16H,5-6,8H2,1-2H3. The molecule has 1 aliphatic rings. The predicted molar refractivity (Wildman–Crippen MR) is 71.7 cm³/mol.